The van der Waals surface area contributed by atoms with Gasteiger partial charge in [0.2, 0.25) is 5.91 Å². The van der Waals surface area contributed by atoms with Crippen LogP contribution in [0, 0.1) is 5.92 Å². The molecule has 2 N–H and O–H groups in total. The summed E-state index contributed by atoms with van der Waals surface area (Å²) in [5.41, 5.74) is 1.00. The minimum Gasteiger partial charge on any atom is -0.480 e. The Bertz CT molecular complexity index is 466. The largest absolute Gasteiger partial charge is 0.480 e. The van der Waals surface area contributed by atoms with Crippen molar-refractivity contribution in [1.82, 2.24) is 5.32 Å². The number of benzene rings is 1. The molecule has 0 radical (unpaired) electrons. The maximum atomic E-state index is 11.6. The van der Waals surface area contributed by atoms with Gasteiger partial charge in [0.25, 0.3) is 0 Å². The van der Waals surface area contributed by atoms with Gasteiger partial charge in [0.05, 0.1) is 0 Å². The highest BCUT2D eigenvalue weighted by molar-refractivity contribution is 5.83. The molecule has 0 saturated heterocycles. The Hall–Kier alpha value is -2.10. The highest BCUT2D eigenvalue weighted by Crippen LogP contribution is 2.05. The van der Waals surface area contributed by atoms with Crippen LogP contribution in [0.1, 0.15) is 32.3 Å². The van der Waals surface area contributed by atoms with Gasteiger partial charge in [-0.1, -0.05) is 56.3 Å². The lowest BCUT2D eigenvalue weighted by Crippen LogP contribution is -2.40. The van der Waals surface area contributed by atoms with Crippen LogP contribution in [0.25, 0.3) is 6.08 Å². The van der Waals surface area contributed by atoms with E-state index in [9.17, 15) is 9.59 Å². The van der Waals surface area contributed by atoms with Gasteiger partial charge >= 0.3 is 5.97 Å². The van der Waals surface area contributed by atoms with Crippen molar-refractivity contribution in [3.63, 3.8) is 0 Å². The van der Waals surface area contributed by atoms with Gasteiger partial charge in [-0.05, 0) is 17.9 Å². The molecule has 0 heterocycles. The van der Waals surface area contributed by atoms with Crippen LogP contribution in [-0.2, 0) is 9.59 Å². The van der Waals surface area contributed by atoms with Gasteiger partial charge in [0, 0.05) is 6.42 Å². The van der Waals surface area contributed by atoms with Gasteiger partial charge < -0.3 is 10.4 Å². The molecule has 0 unspecified atom stereocenters. The number of carbonyl (C=O) groups excluding carboxylic acids is 1. The first-order chi connectivity index (χ1) is 9.49. The van der Waals surface area contributed by atoms with E-state index < -0.39 is 12.0 Å². The fraction of sp³-hybridized carbons (Fsp3) is 0.375. The first kappa shape index (κ1) is 16.0. The van der Waals surface area contributed by atoms with Crippen LogP contribution in [0.4, 0.5) is 0 Å². The van der Waals surface area contributed by atoms with Crippen LogP contribution in [0.15, 0.2) is 36.4 Å². The number of carboxylic acids is 1. The number of hydrogen-bond donors (Lipinski definition) is 2. The second kappa shape index (κ2) is 8.15. The molecule has 1 rings (SSSR count). The predicted molar refractivity (Wildman–Crippen MR) is 79.1 cm³/mol. The Balaban J connectivity index is 2.53. The van der Waals surface area contributed by atoms with Crippen molar-refractivity contribution >= 4 is 18.0 Å². The number of amides is 1. The maximum absolute atomic E-state index is 11.6. The molecular formula is C16H21NO3. The molecule has 1 aromatic carbocycles. The lowest BCUT2D eigenvalue weighted by atomic mass is 10.1. The molecule has 0 aromatic heterocycles. The van der Waals surface area contributed by atoms with E-state index in [-0.39, 0.29) is 18.2 Å². The zero-order valence-corrected chi connectivity index (χ0v) is 11.9. The van der Waals surface area contributed by atoms with E-state index in [1.54, 1.807) is 6.08 Å². The van der Waals surface area contributed by atoms with Gasteiger partial charge in [-0.25, -0.2) is 4.79 Å². The summed E-state index contributed by atoms with van der Waals surface area (Å²) >= 11 is 0. The summed E-state index contributed by atoms with van der Waals surface area (Å²) in [5.74, 6) is -1.02. The summed E-state index contributed by atoms with van der Waals surface area (Å²) in [6.07, 6.45) is 4.23. The Kier molecular flexibility index (Phi) is 6.50. The highest BCUT2D eigenvalue weighted by Gasteiger charge is 2.18. The Morgan fingerprint density at radius 3 is 2.45 bits per heavy atom. The number of rotatable bonds is 7. The molecule has 1 amide bonds. The van der Waals surface area contributed by atoms with Gasteiger partial charge in [-0.15, -0.1) is 0 Å². The second-order valence-electron chi connectivity index (χ2n) is 5.11. The summed E-state index contributed by atoms with van der Waals surface area (Å²) in [7, 11) is 0. The monoisotopic (exact) mass is 275 g/mol. The molecule has 4 heteroatoms. The summed E-state index contributed by atoms with van der Waals surface area (Å²) < 4.78 is 0. The predicted octanol–water partition coefficient (Wildman–Crippen LogP) is 2.71. The molecule has 0 aliphatic carbocycles. The standard InChI is InChI=1S/C16H21NO3/c1-12(2)11-15(18)17-14(16(19)20)10-6-9-13-7-4-3-5-8-13/h3-9,12,14H,10-11H2,1-2H3,(H,17,18)(H,19,20)/b9-6+/t14-/m0/s1. The zero-order valence-electron chi connectivity index (χ0n) is 11.9. The number of carboxylic acid groups (broad SMARTS) is 1. The minimum absolute atomic E-state index is 0.212. The van der Waals surface area contributed by atoms with Crippen LogP contribution >= 0.6 is 0 Å². The van der Waals surface area contributed by atoms with Crippen molar-refractivity contribution in [2.24, 2.45) is 5.92 Å². The highest BCUT2D eigenvalue weighted by atomic mass is 16.4. The van der Waals surface area contributed by atoms with E-state index >= 15 is 0 Å². The quantitative estimate of drug-likeness (QED) is 0.804. The Morgan fingerprint density at radius 2 is 1.90 bits per heavy atom. The third-order valence-electron chi connectivity index (χ3n) is 2.71. The van der Waals surface area contributed by atoms with E-state index in [2.05, 4.69) is 5.32 Å². The maximum Gasteiger partial charge on any atom is 0.326 e. The SMILES string of the molecule is CC(C)CC(=O)N[C@@H](C/C=C/c1ccccc1)C(=O)O. The number of aliphatic carboxylic acids is 1. The van der Waals surface area contributed by atoms with Crippen molar-refractivity contribution in [3.8, 4) is 0 Å². The van der Waals surface area contributed by atoms with Crippen LogP contribution in [-0.4, -0.2) is 23.0 Å². The van der Waals surface area contributed by atoms with Crippen LogP contribution in [0.2, 0.25) is 0 Å². The Labute approximate surface area is 119 Å². The van der Waals surface area contributed by atoms with E-state index in [1.807, 2.05) is 50.3 Å². The van der Waals surface area contributed by atoms with Gasteiger partial charge in [0.15, 0.2) is 0 Å². The molecule has 0 saturated carbocycles. The summed E-state index contributed by atoms with van der Waals surface area (Å²) in [4.78, 5) is 22.7. The van der Waals surface area contributed by atoms with Crippen molar-refractivity contribution in [3.05, 3.63) is 42.0 Å². The third kappa shape index (κ3) is 6.18. The van der Waals surface area contributed by atoms with Crippen molar-refractivity contribution in [2.75, 3.05) is 0 Å². The van der Waals surface area contributed by atoms with Crippen molar-refractivity contribution < 1.29 is 14.7 Å². The molecule has 1 atom stereocenters. The number of nitrogens with one attached hydrogen (secondary N) is 1. The smallest absolute Gasteiger partial charge is 0.326 e. The molecule has 0 aliphatic rings. The molecule has 1 aromatic rings. The normalized spacial score (nSPS) is 12.6. The summed E-state index contributed by atoms with van der Waals surface area (Å²) in [6, 6.07) is 8.75. The lowest BCUT2D eigenvalue weighted by molar-refractivity contribution is -0.141. The average molecular weight is 275 g/mol. The Morgan fingerprint density at radius 1 is 1.25 bits per heavy atom. The topological polar surface area (TPSA) is 66.4 Å². The fourth-order valence-electron chi connectivity index (χ4n) is 1.75. The van der Waals surface area contributed by atoms with Gasteiger partial charge in [0.1, 0.15) is 6.04 Å². The first-order valence-corrected chi connectivity index (χ1v) is 6.72. The molecule has 4 nitrogen and oxygen atoms in total. The number of carbonyl (C=O) groups is 2. The van der Waals surface area contributed by atoms with Crippen LogP contribution in [0.3, 0.4) is 0 Å². The van der Waals surface area contributed by atoms with Gasteiger partial charge in [-0.2, -0.15) is 0 Å². The van der Waals surface area contributed by atoms with E-state index in [1.165, 1.54) is 0 Å². The molecule has 108 valence electrons. The summed E-state index contributed by atoms with van der Waals surface area (Å²) in [5, 5.41) is 11.6. The average Bonchev–Trinajstić information content (AvgIpc) is 2.37. The van der Waals surface area contributed by atoms with E-state index in [0.717, 1.165) is 5.56 Å². The molecule has 0 bridgehead atoms. The van der Waals surface area contributed by atoms with E-state index in [0.29, 0.717) is 6.42 Å². The molecule has 0 aliphatic heterocycles. The molecular weight excluding hydrogens is 254 g/mol. The first-order valence-electron chi connectivity index (χ1n) is 6.72. The minimum atomic E-state index is -1.01. The summed E-state index contributed by atoms with van der Waals surface area (Å²) in [6.45, 7) is 3.84. The lowest BCUT2D eigenvalue weighted by Gasteiger charge is -2.13. The number of hydrogen-bond acceptors (Lipinski definition) is 2. The van der Waals surface area contributed by atoms with Crippen molar-refractivity contribution in [2.45, 2.75) is 32.7 Å². The van der Waals surface area contributed by atoms with E-state index in [4.69, 9.17) is 5.11 Å². The molecule has 20 heavy (non-hydrogen) atoms. The third-order valence-corrected chi connectivity index (χ3v) is 2.71. The second-order valence-corrected chi connectivity index (χ2v) is 5.11. The molecule has 0 spiro atoms. The fourth-order valence-corrected chi connectivity index (χ4v) is 1.75. The van der Waals surface area contributed by atoms with Crippen molar-refractivity contribution in [1.29, 1.82) is 0 Å². The molecule has 0 fully saturated rings. The van der Waals surface area contributed by atoms with Crippen LogP contribution < -0.4 is 5.32 Å². The van der Waals surface area contributed by atoms with Crippen LogP contribution in [0.5, 0.6) is 0 Å². The zero-order chi connectivity index (χ0) is 15.0. The van der Waals surface area contributed by atoms with Gasteiger partial charge in [-0.3, -0.25) is 4.79 Å².